The number of morpholine rings is 1. The van der Waals surface area contributed by atoms with Gasteiger partial charge in [0.25, 0.3) is 5.91 Å². The van der Waals surface area contributed by atoms with E-state index in [0.717, 1.165) is 50.8 Å². The van der Waals surface area contributed by atoms with E-state index in [0.29, 0.717) is 23.6 Å². The highest BCUT2D eigenvalue weighted by Crippen LogP contribution is 2.28. The number of amides is 1. The topological polar surface area (TPSA) is 45.7 Å². The number of aromatic nitrogens is 1. The second-order valence-electron chi connectivity index (χ2n) is 6.82. The normalized spacial score (nSPS) is 26.2. The summed E-state index contributed by atoms with van der Waals surface area (Å²) in [6, 6.07) is 0.469. The van der Waals surface area contributed by atoms with Crippen molar-refractivity contribution in [2.24, 2.45) is 5.92 Å². The number of carbonyl (C=O) groups is 1. The highest BCUT2D eigenvalue weighted by atomic mass is 32.1. The smallest absolute Gasteiger partial charge is 0.273 e. The largest absolute Gasteiger partial charge is 0.379 e. The quantitative estimate of drug-likeness (QED) is 0.847. The number of rotatable bonds is 4. The molecule has 0 aromatic carbocycles. The van der Waals surface area contributed by atoms with Gasteiger partial charge in [-0.1, -0.05) is 27.2 Å². The van der Waals surface area contributed by atoms with Gasteiger partial charge in [-0.25, -0.2) is 4.98 Å². The van der Waals surface area contributed by atoms with Gasteiger partial charge in [-0.15, -0.1) is 11.3 Å². The Labute approximate surface area is 142 Å². The summed E-state index contributed by atoms with van der Waals surface area (Å²) < 4.78 is 5.47. The molecule has 0 radical (unpaired) electrons. The van der Waals surface area contributed by atoms with Gasteiger partial charge in [0.1, 0.15) is 5.69 Å². The molecule has 3 heterocycles. The molecule has 0 bridgehead atoms. The molecule has 1 aromatic heterocycles. The van der Waals surface area contributed by atoms with E-state index in [1.54, 1.807) is 11.3 Å². The summed E-state index contributed by atoms with van der Waals surface area (Å²) in [4.78, 5) is 21.8. The summed E-state index contributed by atoms with van der Waals surface area (Å²) in [5, 5.41) is 2.96. The minimum absolute atomic E-state index is 0.0994. The van der Waals surface area contributed by atoms with Crippen LogP contribution in [0.15, 0.2) is 5.38 Å². The lowest BCUT2D eigenvalue weighted by atomic mass is 9.99. The third-order valence-electron chi connectivity index (χ3n) is 4.97. The van der Waals surface area contributed by atoms with Crippen LogP contribution in [0.5, 0.6) is 0 Å². The average molecular weight is 337 g/mol. The second-order valence-corrected chi connectivity index (χ2v) is 7.71. The van der Waals surface area contributed by atoms with Crippen molar-refractivity contribution in [2.45, 2.75) is 39.2 Å². The first-order valence-electron chi connectivity index (χ1n) is 8.66. The zero-order valence-electron chi connectivity index (χ0n) is 14.3. The maximum atomic E-state index is 12.8. The van der Waals surface area contributed by atoms with Gasteiger partial charge in [0, 0.05) is 43.5 Å². The van der Waals surface area contributed by atoms with Crippen LogP contribution in [0.3, 0.4) is 0 Å². The molecule has 0 aliphatic carbocycles. The molecule has 1 amide bonds. The van der Waals surface area contributed by atoms with Crippen molar-refractivity contribution in [3.05, 3.63) is 16.1 Å². The lowest BCUT2D eigenvalue weighted by molar-refractivity contribution is 0.0102. The summed E-state index contributed by atoms with van der Waals surface area (Å²) in [6.45, 7) is 11.7. The van der Waals surface area contributed by atoms with E-state index in [-0.39, 0.29) is 5.91 Å². The zero-order valence-corrected chi connectivity index (χ0v) is 15.1. The predicted octanol–water partition coefficient (Wildman–Crippen LogP) is 2.45. The first-order chi connectivity index (χ1) is 11.1. The molecule has 3 rings (SSSR count). The molecule has 2 saturated heterocycles. The molecular weight excluding hydrogens is 310 g/mol. The molecule has 0 unspecified atom stereocenters. The van der Waals surface area contributed by atoms with Crippen LogP contribution >= 0.6 is 11.3 Å². The number of thiazole rings is 1. The number of ether oxygens (including phenoxy) is 1. The summed E-state index contributed by atoms with van der Waals surface area (Å²) >= 11 is 1.59. The van der Waals surface area contributed by atoms with Gasteiger partial charge in [-0.2, -0.15) is 0 Å². The van der Waals surface area contributed by atoms with Crippen LogP contribution in [-0.2, 0) is 4.74 Å². The van der Waals surface area contributed by atoms with Crippen molar-refractivity contribution >= 4 is 17.2 Å². The molecule has 2 aliphatic heterocycles. The molecule has 5 nitrogen and oxygen atoms in total. The number of hydrogen-bond donors (Lipinski definition) is 0. The van der Waals surface area contributed by atoms with Crippen molar-refractivity contribution in [1.82, 2.24) is 14.8 Å². The summed E-state index contributed by atoms with van der Waals surface area (Å²) in [5.74, 6) is 1.03. The Kier molecular flexibility index (Phi) is 5.34. The van der Waals surface area contributed by atoms with Crippen LogP contribution in [0.2, 0.25) is 0 Å². The van der Waals surface area contributed by atoms with Crippen molar-refractivity contribution in [3.63, 3.8) is 0 Å². The Bertz CT molecular complexity index is 540. The number of carbonyl (C=O) groups excluding carboxylic acids is 1. The van der Waals surface area contributed by atoms with E-state index in [1.807, 2.05) is 10.3 Å². The summed E-state index contributed by atoms with van der Waals surface area (Å²) in [5.41, 5.74) is 0.621. The number of likely N-dealkylation sites (tertiary alicyclic amines) is 1. The molecule has 6 heteroatoms. The standard InChI is InChI=1S/C17H27N3O2S/c1-4-13-9-20(10-15(13)19-5-7-22-8-6-19)17(21)14-11-23-16(18-14)12(2)3/h11-13,15H,4-10H2,1-3H3/t13-,15+/m0/s1. The molecule has 2 fully saturated rings. The number of nitrogens with zero attached hydrogens (tertiary/aromatic N) is 3. The maximum Gasteiger partial charge on any atom is 0.273 e. The van der Waals surface area contributed by atoms with Gasteiger partial charge in [-0.3, -0.25) is 9.69 Å². The Hall–Kier alpha value is -0.980. The Balaban J connectivity index is 1.69. The third-order valence-corrected chi connectivity index (χ3v) is 6.11. The highest BCUT2D eigenvalue weighted by molar-refractivity contribution is 7.09. The van der Waals surface area contributed by atoms with E-state index in [2.05, 4.69) is 30.7 Å². The van der Waals surface area contributed by atoms with Gasteiger partial charge in [0.05, 0.1) is 18.2 Å². The van der Waals surface area contributed by atoms with Crippen LogP contribution in [-0.4, -0.2) is 66.1 Å². The monoisotopic (exact) mass is 337 g/mol. The first-order valence-corrected chi connectivity index (χ1v) is 9.54. The fraction of sp³-hybridized carbons (Fsp3) is 0.765. The van der Waals surface area contributed by atoms with Crippen LogP contribution in [0.25, 0.3) is 0 Å². The van der Waals surface area contributed by atoms with E-state index < -0.39 is 0 Å². The van der Waals surface area contributed by atoms with E-state index in [4.69, 9.17) is 4.74 Å². The van der Waals surface area contributed by atoms with Crippen LogP contribution < -0.4 is 0 Å². The van der Waals surface area contributed by atoms with Crippen molar-refractivity contribution in [2.75, 3.05) is 39.4 Å². The van der Waals surface area contributed by atoms with E-state index in [9.17, 15) is 4.79 Å². The van der Waals surface area contributed by atoms with Gasteiger partial charge in [0.2, 0.25) is 0 Å². The number of hydrogen-bond acceptors (Lipinski definition) is 5. The van der Waals surface area contributed by atoms with Crippen molar-refractivity contribution in [1.29, 1.82) is 0 Å². The zero-order chi connectivity index (χ0) is 16.4. The SMILES string of the molecule is CC[C@H]1CN(C(=O)c2csc(C(C)C)n2)C[C@H]1N1CCOCC1. The van der Waals surface area contributed by atoms with Crippen molar-refractivity contribution < 1.29 is 9.53 Å². The molecule has 1 aromatic rings. The molecule has 23 heavy (non-hydrogen) atoms. The highest BCUT2D eigenvalue weighted by Gasteiger charge is 2.38. The fourth-order valence-corrected chi connectivity index (χ4v) is 4.37. The van der Waals surface area contributed by atoms with Crippen LogP contribution in [0.1, 0.15) is 48.6 Å². The van der Waals surface area contributed by atoms with Gasteiger partial charge in [0.15, 0.2) is 0 Å². The Morgan fingerprint density at radius 2 is 2.13 bits per heavy atom. The van der Waals surface area contributed by atoms with Gasteiger partial charge < -0.3 is 9.64 Å². The minimum atomic E-state index is 0.0994. The molecule has 128 valence electrons. The van der Waals surface area contributed by atoms with Crippen LogP contribution in [0, 0.1) is 5.92 Å². The fourth-order valence-electron chi connectivity index (χ4n) is 3.56. The Morgan fingerprint density at radius 1 is 1.39 bits per heavy atom. The molecule has 0 saturated carbocycles. The molecule has 0 N–H and O–H groups in total. The van der Waals surface area contributed by atoms with E-state index in [1.165, 1.54) is 0 Å². The second kappa shape index (κ2) is 7.28. The van der Waals surface area contributed by atoms with E-state index >= 15 is 0 Å². The predicted molar refractivity (Wildman–Crippen MR) is 92.1 cm³/mol. The first kappa shape index (κ1) is 16.9. The van der Waals surface area contributed by atoms with Crippen LogP contribution in [0.4, 0.5) is 0 Å². The molecule has 2 atom stereocenters. The lowest BCUT2D eigenvalue weighted by Crippen LogP contribution is -2.47. The molecule has 0 spiro atoms. The van der Waals surface area contributed by atoms with Gasteiger partial charge in [-0.05, 0) is 5.92 Å². The van der Waals surface area contributed by atoms with Gasteiger partial charge >= 0.3 is 0 Å². The summed E-state index contributed by atoms with van der Waals surface area (Å²) in [6.07, 6.45) is 1.11. The molecule has 2 aliphatic rings. The molecular formula is C17H27N3O2S. The third kappa shape index (κ3) is 3.59. The average Bonchev–Trinajstić information content (AvgIpc) is 3.22. The van der Waals surface area contributed by atoms with Crippen molar-refractivity contribution in [3.8, 4) is 0 Å². The summed E-state index contributed by atoms with van der Waals surface area (Å²) in [7, 11) is 0. The minimum Gasteiger partial charge on any atom is -0.379 e. The lowest BCUT2D eigenvalue weighted by Gasteiger charge is -2.34. The maximum absolute atomic E-state index is 12.8. The Morgan fingerprint density at radius 3 is 2.74 bits per heavy atom.